The van der Waals surface area contributed by atoms with Crippen molar-refractivity contribution in [3.8, 4) is 5.75 Å². The number of carbonyl (C=O) groups is 2. The number of nitrogens with one attached hydrogen (secondary N) is 2. The Morgan fingerprint density at radius 2 is 1.74 bits per heavy atom. The van der Waals surface area contributed by atoms with E-state index in [2.05, 4.69) is 15.6 Å². The molecule has 0 fully saturated rings. The van der Waals surface area contributed by atoms with Gasteiger partial charge in [-0.3, -0.25) is 14.6 Å². The highest BCUT2D eigenvalue weighted by molar-refractivity contribution is 6.06. The minimum absolute atomic E-state index is 0.156. The Labute approximate surface area is 157 Å². The van der Waals surface area contributed by atoms with Gasteiger partial charge in [-0.2, -0.15) is 0 Å². The lowest BCUT2D eigenvalue weighted by atomic mass is 10.1. The highest BCUT2D eigenvalue weighted by atomic mass is 16.5. The summed E-state index contributed by atoms with van der Waals surface area (Å²) in [5, 5.41) is 5.64. The van der Waals surface area contributed by atoms with Crippen LogP contribution in [-0.2, 0) is 11.2 Å². The molecule has 6 heteroatoms. The zero-order chi connectivity index (χ0) is 19.1. The van der Waals surface area contributed by atoms with Crippen LogP contribution >= 0.6 is 0 Å². The molecule has 27 heavy (non-hydrogen) atoms. The number of anilines is 2. The van der Waals surface area contributed by atoms with Crippen molar-refractivity contribution in [3.63, 3.8) is 0 Å². The van der Waals surface area contributed by atoms with Crippen LogP contribution < -0.4 is 15.4 Å². The molecule has 0 aliphatic rings. The average Bonchev–Trinajstić information content (AvgIpc) is 2.69. The normalized spacial score (nSPS) is 10.1. The van der Waals surface area contributed by atoms with E-state index in [1.54, 1.807) is 67.0 Å². The highest BCUT2D eigenvalue weighted by Gasteiger charge is 2.12. The van der Waals surface area contributed by atoms with Crippen LogP contribution in [0.1, 0.15) is 15.9 Å². The van der Waals surface area contributed by atoms with Gasteiger partial charge in [-0.05, 0) is 42.0 Å². The fraction of sp³-hybridized carbons (Fsp3) is 0.0952. The van der Waals surface area contributed by atoms with Gasteiger partial charge in [0.15, 0.2) is 0 Å². The van der Waals surface area contributed by atoms with E-state index in [9.17, 15) is 9.59 Å². The summed E-state index contributed by atoms with van der Waals surface area (Å²) in [5.41, 5.74) is 2.44. The van der Waals surface area contributed by atoms with Gasteiger partial charge in [-0.1, -0.05) is 24.3 Å². The van der Waals surface area contributed by atoms with E-state index < -0.39 is 0 Å². The molecule has 2 aromatic carbocycles. The summed E-state index contributed by atoms with van der Waals surface area (Å²) in [6.45, 7) is 0. The largest absolute Gasteiger partial charge is 0.496 e. The van der Waals surface area contributed by atoms with Gasteiger partial charge in [0.2, 0.25) is 5.91 Å². The van der Waals surface area contributed by atoms with Crippen molar-refractivity contribution in [2.24, 2.45) is 0 Å². The molecular formula is C21H19N3O3. The van der Waals surface area contributed by atoms with Crippen molar-refractivity contribution in [2.45, 2.75) is 6.42 Å². The third-order valence-electron chi connectivity index (χ3n) is 3.84. The van der Waals surface area contributed by atoms with E-state index in [0.717, 1.165) is 5.56 Å². The van der Waals surface area contributed by atoms with Gasteiger partial charge in [-0.15, -0.1) is 0 Å². The minimum atomic E-state index is -0.286. The Morgan fingerprint density at radius 1 is 0.963 bits per heavy atom. The van der Waals surface area contributed by atoms with Crippen molar-refractivity contribution in [1.82, 2.24) is 4.98 Å². The third-order valence-corrected chi connectivity index (χ3v) is 3.84. The number of benzene rings is 2. The standard InChI is InChI=1S/C21H19N3O3/c1-27-19-10-3-2-9-18(19)21(26)24-17-8-4-7-16(13-17)23-20(25)12-15-6-5-11-22-14-15/h2-11,13-14H,12H2,1H3,(H,23,25)(H,24,26). The molecular weight excluding hydrogens is 342 g/mol. The summed E-state index contributed by atoms with van der Waals surface area (Å²) >= 11 is 0. The monoisotopic (exact) mass is 361 g/mol. The first-order chi connectivity index (χ1) is 13.2. The number of aromatic nitrogens is 1. The summed E-state index contributed by atoms with van der Waals surface area (Å²) in [4.78, 5) is 28.7. The second-order valence-electron chi connectivity index (χ2n) is 5.82. The molecule has 0 bridgehead atoms. The topological polar surface area (TPSA) is 80.3 Å². The lowest BCUT2D eigenvalue weighted by molar-refractivity contribution is -0.115. The minimum Gasteiger partial charge on any atom is -0.496 e. The van der Waals surface area contributed by atoms with Gasteiger partial charge in [0.1, 0.15) is 5.75 Å². The summed E-state index contributed by atoms with van der Waals surface area (Å²) in [5.74, 6) is 0.0541. The van der Waals surface area contributed by atoms with E-state index in [-0.39, 0.29) is 18.2 Å². The average molecular weight is 361 g/mol. The molecule has 0 spiro atoms. The van der Waals surface area contributed by atoms with Crippen molar-refractivity contribution in [1.29, 1.82) is 0 Å². The van der Waals surface area contributed by atoms with Gasteiger partial charge in [0.05, 0.1) is 19.1 Å². The van der Waals surface area contributed by atoms with Gasteiger partial charge in [-0.25, -0.2) is 0 Å². The molecule has 0 unspecified atom stereocenters. The molecule has 0 atom stereocenters. The number of hydrogen-bond acceptors (Lipinski definition) is 4. The summed E-state index contributed by atoms with van der Waals surface area (Å²) in [6.07, 6.45) is 3.55. The maximum atomic E-state index is 12.5. The molecule has 0 saturated carbocycles. The second kappa shape index (κ2) is 8.62. The van der Waals surface area contributed by atoms with Gasteiger partial charge < -0.3 is 15.4 Å². The highest BCUT2D eigenvalue weighted by Crippen LogP contribution is 2.21. The van der Waals surface area contributed by atoms with Crippen LogP contribution in [0.5, 0.6) is 5.75 Å². The van der Waals surface area contributed by atoms with Gasteiger partial charge in [0.25, 0.3) is 5.91 Å². The Hall–Kier alpha value is -3.67. The van der Waals surface area contributed by atoms with Crippen LogP contribution in [0.25, 0.3) is 0 Å². The molecule has 3 aromatic rings. The van der Waals surface area contributed by atoms with Crippen molar-refractivity contribution < 1.29 is 14.3 Å². The molecule has 1 aromatic heterocycles. The van der Waals surface area contributed by atoms with Crippen molar-refractivity contribution >= 4 is 23.2 Å². The smallest absolute Gasteiger partial charge is 0.259 e. The molecule has 0 aliphatic heterocycles. The molecule has 6 nitrogen and oxygen atoms in total. The van der Waals surface area contributed by atoms with Crippen LogP contribution in [0, 0.1) is 0 Å². The predicted octanol–water partition coefficient (Wildman–Crippen LogP) is 3.52. The number of carbonyl (C=O) groups excluding carboxylic acids is 2. The fourth-order valence-electron chi connectivity index (χ4n) is 2.60. The number of methoxy groups -OCH3 is 1. The Kier molecular flexibility index (Phi) is 5.79. The summed E-state index contributed by atoms with van der Waals surface area (Å²) < 4.78 is 5.21. The van der Waals surface area contributed by atoms with E-state index in [0.29, 0.717) is 22.7 Å². The molecule has 1 heterocycles. The first kappa shape index (κ1) is 18.1. The molecule has 2 N–H and O–H groups in total. The lowest BCUT2D eigenvalue weighted by Crippen LogP contribution is -2.15. The van der Waals surface area contributed by atoms with Crippen molar-refractivity contribution in [2.75, 3.05) is 17.7 Å². The van der Waals surface area contributed by atoms with Crippen LogP contribution in [0.4, 0.5) is 11.4 Å². The molecule has 3 rings (SSSR count). The first-order valence-electron chi connectivity index (χ1n) is 8.39. The second-order valence-corrected chi connectivity index (χ2v) is 5.82. The number of pyridine rings is 1. The van der Waals surface area contributed by atoms with Gasteiger partial charge in [0, 0.05) is 23.8 Å². The zero-order valence-corrected chi connectivity index (χ0v) is 14.8. The number of hydrogen-bond donors (Lipinski definition) is 2. The van der Waals surface area contributed by atoms with Crippen LogP contribution in [0.3, 0.4) is 0 Å². The predicted molar refractivity (Wildman–Crippen MR) is 104 cm³/mol. The van der Waals surface area contributed by atoms with Gasteiger partial charge >= 0.3 is 0 Å². The maximum Gasteiger partial charge on any atom is 0.259 e. The Bertz CT molecular complexity index is 942. The summed E-state index contributed by atoms with van der Waals surface area (Å²) in [6, 6.07) is 17.6. The number of amides is 2. The lowest BCUT2D eigenvalue weighted by Gasteiger charge is -2.11. The molecule has 0 aliphatic carbocycles. The fourth-order valence-corrected chi connectivity index (χ4v) is 2.60. The maximum absolute atomic E-state index is 12.5. The van der Waals surface area contributed by atoms with Crippen molar-refractivity contribution in [3.05, 3.63) is 84.2 Å². The quantitative estimate of drug-likeness (QED) is 0.704. The van der Waals surface area contributed by atoms with E-state index >= 15 is 0 Å². The molecule has 136 valence electrons. The summed E-state index contributed by atoms with van der Waals surface area (Å²) in [7, 11) is 1.52. The number of ether oxygens (including phenoxy) is 1. The van der Waals surface area contributed by atoms with E-state index in [1.165, 1.54) is 7.11 Å². The van der Waals surface area contributed by atoms with Crippen LogP contribution in [0.15, 0.2) is 73.1 Å². The number of rotatable bonds is 6. The number of para-hydroxylation sites is 1. The van der Waals surface area contributed by atoms with Crippen LogP contribution in [0.2, 0.25) is 0 Å². The Balaban J connectivity index is 1.66. The SMILES string of the molecule is COc1ccccc1C(=O)Nc1cccc(NC(=O)Cc2cccnc2)c1. The molecule has 0 saturated heterocycles. The zero-order valence-electron chi connectivity index (χ0n) is 14.8. The first-order valence-corrected chi connectivity index (χ1v) is 8.39. The van der Waals surface area contributed by atoms with E-state index in [4.69, 9.17) is 4.74 Å². The molecule has 2 amide bonds. The number of nitrogens with zero attached hydrogens (tertiary/aromatic N) is 1. The van der Waals surface area contributed by atoms with E-state index in [1.807, 2.05) is 6.07 Å². The van der Waals surface area contributed by atoms with Crippen LogP contribution in [-0.4, -0.2) is 23.9 Å². The Morgan fingerprint density at radius 3 is 2.48 bits per heavy atom. The third kappa shape index (κ3) is 4.92. The molecule has 0 radical (unpaired) electrons.